The molecule has 1 amide bonds. The van der Waals surface area contributed by atoms with Crippen LogP contribution in [0.4, 0.5) is 0 Å². The van der Waals surface area contributed by atoms with Gasteiger partial charge in [-0.05, 0) is 78.4 Å². The third-order valence-corrected chi connectivity index (χ3v) is 4.35. The van der Waals surface area contributed by atoms with E-state index in [1.54, 1.807) is 12.2 Å². The number of halogens is 1. The summed E-state index contributed by atoms with van der Waals surface area (Å²) in [4.78, 5) is 12.0. The average molecular weight is 431 g/mol. The third-order valence-electron chi connectivity index (χ3n) is 3.63. The largest absolute Gasteiger partial charge is 0.348 e. The molecule has 0 fully saturated rings. The zero-order valence-corrected chi connectivity index (χ0v) is 15.8. The quantitative estimate of drug-likeness (QED) is 0.338. The summed E-state index contributed by atoms with van der Waals surface area (Å²) >= 11 is 2.27. The van der Waals surface area contributed by atoms with Crippen LogP contribution in [0.3, 0.4) is 0 Å². The predicted molar refractivity (Wildman–Crippen MR) is 105 cm³/mol. The van der Waals surface area contributed by atoms with E-state index in [1.165, 1.54) is 3.57 Å². The van der Waals surface area contributed by atoms with Crippen LogP contribution >= 0.6 is 22.6 Å². The van der Waals surface area contributed by atoms with Crippen LogP contribution in [0.2, 0.25) is 0 Å². The molecule has 0 aliphatic carbocycles. The van der Waals surface area contributed by atoms with Gasteiger partial charge in [-0.3, -0.25) is 4.79 Å². The molecule has 0 atom stereocenters. The lowest BCUT2D eigenvalue weighted by atomic mass is 10.1. The number of hydrogen-bond donors (Lipinski definition) is 1. The van der Waals surface area contributed by atoms with Gasteiger partial charge in [0.2, 0.25) is 0 Å². The minimum Gasteiger partial charge on any atom is -0.348 e. The van der Waals surface area contributed by atoms with Crippen molar-refractivity contribution < 1.29 is 4.79 Å². The van der Waals surface area contributed by atoms with Crippen LogP contribution in [0.25, 0.3) is 11.8 Å². The fraction of sp³-hybridized carbons (Fsp3) is 0.158. The van der Waals surface area contributed by atoms with E-state index in [1.807, 2.05) is 38.1 Å². The van der Waals surface area contributed by atoms with Crippen molar-refractivity contribution >= 4 is 34.6 Å². The first-order valence-electron chi connectivity index (χ1n) is 7.43. The van der Waals surface area contributed by atoms with E-state index in [4.69, 9.17) is 0 Å². The average Bonchev–Trinajstić information content (AvgIpc) is 2.85. The van der Waals surface area contributed by atoms with Gasteiger partial charge in [0.05, 0.1) is 0 Å². The molecule has 1 N–H and O–H groups in total. The lowest BCUT2D eigenvalue weighted by Crippen LogP contribution is -2.24. The van der Waals surface area contributed by atoms with Crippen molar-refractivity contribution in [2.24, 2.45) is 0 Å². The summed E-state index contributed by atoms with van der Waals surface area (Å²) in [5, 5.41) is 11.9. The summed E-state index contributed by atoms with van der Waals surface area (Å²) in [7, 11) is 0. The molecule has 1 heterocycles. The van der Waals surface area contributed by atoms with E-state index in [2.05, 4.69) is 51.2 Å². The van der Waals surface area contributed by atoms with Gasteiger partial charge in [-0.1, -0.05) is 6.08 Å². The van der Waals surface area contributed by atoms with Gasteiger partial charge >= 0.3 is 0 Å². The maximum Gasteiger partial charge on any atom is 0.262 e. The first-order valence-corrected chi connectivity index (χ1v) is 8.51. The van der Waals surface area contributed by atoms with Crippen LogP contribution in [-0.4, -0.2) is 17.0 Å². The maximum absolute atomic E-state index is 12.0. The molecule has 0 bridgehead atoms. The molecule has 2 aromatic rings. The molecule has 0 radical (unpaired) electrons. The topological polar surface area (TPSA) is 57.8 Å². The Balaban J connectivity index is 2.42. The highest BCUT2D eigenvalue weighted by Crippen LogP contribution is 2.23. The molecule has 0 saturated heterocycles. The second-order valence-corrected chi connectivity index (χ2v) is 6.55. The number of nitriles is 1. The second-order valence-electron chi connectivity index (χ2n) is 5.31. The van der Waals surface area contributed by atoms with Crippen LogP contribution in [0, 0.1) is 28.7 Å². The highest BCUT2D eigenvalue weighted by atomic mass is 127. The molecule has 0 aliphatic heterocycles. The van der Waals surface area contributed by atoms with Gasteiger partial charge in [0, 0.05) is 27.2 Å². The number of benzene rings is 1. The van der Waals surface area contributed by atoms with Crippen molar-refractivity contribution in [3.8, 4) is 11.8 Å². The Kier molecular flexibility index (Phi) is 5.99. The highest BCUT2D eigenvalue weighted by Gasteiger charge is 2.13. The van der Waals surface area contributed by atoms with E-state index in [0.29, 0.717) is 6.54 Å². The number of nitrogens with zero attached hydrogens (tertiary/aromatic N) is 2. The number of carbonyl (C=O) groups excluding carboxylic acids is 1. The van der Waals surface area contributed by atoms with Crippen LogP contribution in [-0.2, 0) is 4.79 Å². The van der Waals surface area contributed by atoms with Crippen molar-refractivity contribution in [1.82, 2.24) is 9.88 Å². The van der Waals surface area contributed by atoms with E-state index >= 15 is 0 Å². The molecule has 0 saturated carbocycles. The number of amides is 1. The molecule has 1 aromatic carbocycles. The Morgan fingerprint density at radius 3 is 2.62 bits per heavy atom. The first kappa shape index (κ1) is 18.0. The first-order chi connectivity index (χ1) is 11.5. The molecule has 1 aromatic heterocycles. The number of carbonyl (C=O) groups is 1. The Morgan fingerprint density at radius 2 is 2.04 bits per heavy atom. The molecular formula is C19H18IN3O. The second kappa shape index (κ2) is 7.97. The molecule has 0 spiro atoms. The molecule has 24 heavy (non-hydrogen) atoms. The summed E-state index contributed by atoms with van der Waals surface area (Å²) < 4.78 is 3.28. The van der Waals surface area contributed by atoms with Crippen molar-refractivity contribution in [3.63, 3.8) is 0 Å². The van der Waals surface area contributed by atoms with E-state index in [-0.39, 0.29) is 5.57 Å². The van der Waals surface area contributed by atoms with Crippen LogP contribution < -0.4 is 5.32 Å². The molecule has 0 aliphatic rings. The number of aromatic nitrogens is 1. The Labute approximate surface area is 155 Å². The number of nitrogens with one attached hydrogen (secondary N) is 1. The van der Waals surface area contributed by atoms with E-state index in [0.717, 1.165) is 22.6 Å². The van der Waals surface area contributed by atoms with Crippen LogP contribution in [0.1, 0.15) is 17.0 Å². The normalized spacial score (nSPS) is 11.0. The predicted octanol–water partition coefficient (Wildman–Crippen LogP) is 3.91. The van der Waals surface area contributed by atoms with Gasteiger partial charge in [-0.25, -0.2) is 0 Å². The van der Waals surface area contributed by atoms with Crippen LogP contribution in [0.15, 0.2) is 48.6 Å². The molecular weight excluding hydrogens is 413 g/mol. The van der Waals surface area contributed by atoms with Crippen LogP contribution in [0.5, 0.6) is 0 Å². The highest BCUT2D eigenvalue weighted by molar-refractivity contribution is 14.1. The molecule has 5 heteroatoms. The van der Waals surface area contributed by atoms with Crippen molar-refractivity contribution in [2.75, 3.05) is 6.54 Å². The SMILES string of the molecule is C=CCNC(=O)C(C#N)=Cc1cc(C)n(-c2ccc(I)cc2)c1C. The summed E-state index contributed by atoms with van der Waals surface area (Å²) in [6.07, 6.45) is 3.21. The van der Waals surface area contributed by atoms with Crippen molar-refractivity contribution in [2.45, 2.75) is 13.8 Å². The van der Waals surface area contributed by atoms with Gasteiger partial charge in [-0.2, -0.15) is 5.26 Å². The minimum absolute atomic E-state index is 0.0831. The number of aryl methyl sites for hydroxylation is 1. The van der Waals surface area contributed by atoms with E-state index < -0.39 is 5.91 Å². The zero-order chi connectivity index (χ0) is 17.7. The minimum atomic E-state index is -0.392. The number of rotatable bonds is 5. The Morgan fingerprint density at radius 1 is 1.38 bits per heavy atom. The number of hydrogen-bond acceptors (Lipinski definition) is 2. The molecule has 2 rings (SSSR count). The van der Waals surface area contributed by atoms with Gasteiger partial charge in [-0.15, -0.1) is 6.58 Å². The van der Waals surface area contributed by atoms with Crippen molar-refractivity contribution in [1.29, 1.82) is 5.26 Å². The molecule has 122 valence electrons. The summed E-state index contributed by atoms with van der Waals surface area (Å²) in [5.41, 5.74) is 4.03. The van der Waals surface area contributed by atoms with Crippen molar-refractivity contribution in [3.05, 3.63) is 69.1 Å². The van der Waals surface area contributed by atoms with Gasteiger partial charge in [0.25, 0.3) is 5.91 Å². The molecule has 0 unspecified atom stereocenters. The third kappa shape index (κ3) is 3.95. The maximum atomic E-state index is 12.0. The van der Waals surface area contributed by atoms with Gasteiger partial charge < -0.3 is 9.88 Å². The fourth-order valence-electron chi connectivity index (χ4n) is 2.49. The standard InChI is InChI=1S/C19H18IN3O/c1-4-9-22-19(24)16(12-21)11-15-10-13(2)23(14(15)3)18-7-5-17(20)6-8-18/h4-8,10-11H,1,9H2,2-3H3,(H,22,24). The Hall–Kier alpha value is -2.33. The Bertz CT molecular complexity index is 839. The lowest BCUT2D eigenvalue weighted by Gasteiger charge is -2.09. The monoisotopic (exact) mass is 431 g/mol. The van der Waals surface area contributed by atoms with Gasteiger partial charge in [0.1, 0.15) is 11.6 Å². The van der Waals surface area contributed by atoms with E-state index in [9.17, 15) is 10.1 Å². The zero-order valence-electron chi connectivity index (χ0n) is 13.6. The smallest absolute Gasteiger partial charge is 0.262 e. The summed E-state index contributed by atoms with van der Waals surface area (Å²) in [6.45, 7) is 7.87. The lowest BCUT2D eigenvalue weighted by molar-refractivity contribution is -0.116. The molecule has 4 nitrogen and oxygen atoms in total. The summed E-state index contributed by atoms with van der Waals surface area (Å²) in [6, 6.07) is 12.1. The summed E-state index contributed by atoms with van der Waals surface area (Å²) in [5.74, 6) is -0.392. The fourth-order valence-corrected chi connectivity index (χ4v) is 2.84. The van der Waals surface area contributed by atoms with Gasteiger partial charge in [0.15, 0.2) is 0 Å².